The van der Waals surface area contributed by atoms with Gasteiger partial charge in [0.15, 0.2) is 0 Å². The fraction of sp³-hybridized carbons (Fsp3) is 0. The molecule has 0 aliphatic carbocycles. The Hall–Kier alpha value is 3.58. The second-order valence-corrected chi connectivity index (χ2v) is 4.12. The van der Waals surface area contributed by atoms with E-state index >= 15 is 0 Å². The molecule has 0 amide bonds. The van der Waals surface area contributed by atoms with Crippen molar-refractivity contribution in [2.24, 2.45) is 0 Å². The van der Waals surface area contributed by atoms with Crippen LogP contribution < -0.4 is 29.5 Å². The fourth-order valence-corrected chi connectivity index (χ4v) is 0. The Morgan fingerprint density at radius 1 is 0.474 bits per heavy atom. The molecule has 0 heterocycles. The molecule has 0 unspecified atom stereocenters. The second kappa shape index (κ2) is 37.7. The molecule has 0 atom stereocenters. The molecule has 0 bridgehead atoms. The van der Waals surface area contributed by atoms with Gasteiger partial charge >= 0.3 is 176 Å². The van der Waals surface area contributed by atoms with E-state index in [9.17, 15) is 0 Å². The van der Waals surface area contributed by atoms with Crippen molar-refractivity contribution >= 4 is 24.4 Å². The standard InChI is InChI=1S/Cr.Ni.12O.Sb.4Ti/q+3;+2;;;;;8*-1;+3;;;;. The third kappa shape index (κ3) is 645. The Morgan fingerprint density at radius 2 is 0.474 bits per heavy atom. The van der Waals surface area contributed by atoms with E-state index in [4.69, 9.17) is 42.8 Å². The van der Waals surface area contributed by atoms with Crippen molar-refractivity contribution in [3.8, 4) is 0 Å². The first-order valence-corrected chi connectivity index (χ1v) is 10.1. The molecule has 0 aromatic heterocycles. The fourth-order valence-electron chi connectivity index (χ4n) is 0. The van der Waals surface area contributed by atoms with E-state index in [1.807, 2.05) is 0 Å². The summed E-state index contributed by atoms with van der Waals surface area (Å²) < 4.78 is 103. The number of hydrogen-bond donors (Lipinski definition) is 0. The molecule has 0 N–H and O–H groups in total. The van der Waals surface area contributed by atoms with E-state index in [-0.39, 0.29) is 58.3 Å². The van der Waals surface area contributed by atoms with Gasteiger partial charge in [0.25, 0.3) is 0 Å². The van der Waals surface area contributed by atoms with Gasteiger partial charge in [-0.3, -0.25) is 0 Å². The van der Waals surface area contributed by atoms with Crippen molar-refractivity contribution in [3.63, 3.8) is 0 Å². The van der Waals surface area contributed by atoms with Crippen LogP contribution in [-0.4, -0.2) is 24.4 Å². The molecule has 12 nitrogen and oxygen atoms in total. The minimum atomic E-state index is -4.08. The average Bonchev–Trinajstić information content (AvgIpc) is 1.76. The van der Waals surface area contributed by atoms with Crippen LogP contribution in [0.2, 0.25) is 0 Å². The minimum Gasteiger partial charge on any atom is 3.00 e. The van der Waals surface area contributed by atoms with E-state index in [2.05, 4.69) is 0 Å². The number of hydrogen-bond acceptors (Lipinski definition) is 12. The monoisotopic (exact) mass is 615 g/mol. The van der Waals surface area contributed by atoms with Crippen molar-refractivity contribution in [3.05, 3.63) is 0 Å². The van der Waals surface area contributed by atoms with Crippen molar-refractivity contribution in [1.82, 2.24) is 0 Å². The molecule has 19 heavy (non-hydrogen) atoms. The molecule has 0 aromatic rings. The van der Waals surface area contributed by atoms with Gasteiger partial charge in [0.2, 0.25) is 0 Å². The van der Waals surface area contributed by atoms with Crippen LogP contribution in [-0.2, 0) is 122 Å². The van der Waals surface area contributed by atoms with Crippen molar-refractivity contribution in [2.75, 3.05) is 0 Å². The molecule has 109 valence electrons. The molecule has 3 radical (unpaired) electrons. The Labute approximate surface area is 172 Å². The predicted octanol–water partition coefficient (Wildman–Crippen LogP) is -10.4. The van der Waals surface area contributed by atoms with Crippen LogP contribution in [0.1, 0.15) is 0 Å². The zero-order chi connectivity index (χ0) is 14.3. The van der Waals surface area contributed by atoms with Crippen LogP contribution >= 0.6 is 0 Å². The maximum absolute atomic E-state index is 8.58. The summed E-state index contributed by atoms with van der Waals surface area (Å²) in [6, 6.07) is 0. The van der Waals surface area contributed by atoms with Crippen LogP contribution in [0.25, 0.3) is 0 Å². The van der Waals surface area contributed by atoms with Gasteiger partial charge in [-0.2, -0.15) is 0 Å². The van der Waals surface area contributed by atoms with Gasteiger partial charge in [-0.05, 0) is 0 Å². The molecule has 19 heteroatoms. The van der Waals surface area contributed by atoms with E-state index in [0.717, 1.165) is 0 Å². The van der Waals surface area contributed by atoms with Gasteiger partial charge in [0.1, 0.15) is 0 Å². The van der Waals surface area contributed by atoms with Gasteiger partial charge in [0.05, 0.1) is 0 Å². The normalized spacial score (nSPS) is 5.47. The van der Waals surface area contributed by atoms with Gasteiger partial charge in [-0.25, -0.2) is 0 Å². The summed E-state index contributed by atoms with van der Waals surface area (Å²) in [5.74, 6) is 0. The minimum absolute atomic E-state index is 0. The molecule has 0 aromatic carbocycles. The van der Waals surface area contributed by atoms with E-state index in [1.165, 1.54) is 0 Å². The molecule has 0 rings (SSSR count). The summed E-state index contributed by atoms with van der Waals surface area (Å²) in [6.45, 7) is 0. The Kier molecular flexibility index (Phi) is 85.9. The van der Waals surface area contributed by atoms with Gasteiger partial charge in [-0.15, -0.1) is 0 Å². The third-order valence-electron chi connectivity index (χ3n) is 0. The van der Waals surface area contributed by atoms with Gasteiger partial charge in [0, 0.05) is 0 Å². The van der Waals surface area contributed by atoms with Crippen molar-refractivity contribution in [1.29, 1.82) is 0 Å². The Balaban J connectivity index is -0.0000000192. The zero-order valence-corrected chi connectivity index (χ0v) is 19.1. The molecule has 0 saturated carbocycles. The summed E-state index contributed by atoms with van der Waals surface area (Å²) in [7, 11) is 0. The smallest absolute Gasteiger partial charge is 3.00 e. The van der Waals surface area contributed by atoms with Crippen LogP contribution in [0, 0.1) is 0 Å². The second-order valence-electron chi connectivity index (χ2n) is 1.00. The van der Waals surface area contributed by atoms with Crippen molar-refractivity contribution in [2.45, 2.75) is 0 Å². The van der Waals surface area contributed by atoms with Crippen LogP contribution in [0.4, 0.5) is 0 Å². The summed E-state index contributed by atoms with van der Waals surface area (Å²) in [6.07, 6.45) is 0. The van der Waals surface area contributed by atoms with Crippen LogP contribution in [0.3, 0.4) is 0 Å². The largest absolute Gasteiger partial charge is 3.00 e. The molecule has 0 spiro atoms. The van der Waals surface area contributed by atoms with Crippen LogP contribution in [0.15, 0.2) is 0 Å². The maximum atomic E-state index is 8.58. The average molecular weight is 616 g/mol. The first-order chi connectivity index (χ1) is 6.93. The molecule has 0 fully saturated rings. The first-order valence-electron chi connectivity index (χ1n) is 2.45. The summed E-state index contributed by atoms with van der Waals surface area (Å²) in [5, 5.41) is 0. The van der Waals surface area contributed by atoms with Gasteiger partial charge in [-0.1, -0.05) is 0 Å². The van der Waals surface area contributed by atoms with Gasteiger partial charge < -0.3 is 0 Å². The van der Waals surface area contributed by atoms with E-state index in [0.29, 0.717) is 0 Å². The summed E-state index contributed by atoms with van der Waals surface area (Å²) >= 11 is -16.3. The molecule has 0 saturated heterocycles. The molecule has 0 aliphatic rings. The topological polar surface area (TPSA) is 253 Å². The van der Waals surface area contributed by atoms with E-state index < -0.39 is 74.5 Å². The first kappa shape index (κ1) is 43.3. The summed E-state index contributed by atoms with van der Waals surface area (Å²) in [5.41, 5.74) is 0. The Bertz CT molecular complexity index is 170. The summed E-state index contributed by atoms with van der Waals surface area (Å²) in [4.78, 5) is 0. The molecule has 0 aliphatic heterocycles. The molecular weight excluding hydrogens is 616 g/mol. The molecular formula is CrNiO12SbTi4. The SMILES string of the molecule is [Cr+3].[Ni+2].[O]=[Ti]([O-])[O-].[O]=[Ti]([O-])[O-].[O]=[Ti]([O-])[O-].[O]=[Ti]([O-])[O-].[Sb+3]. The Morgan fingerprint density at radius 3 is 0.474 bits per heavy atom. The third-order valence-corrected chi connectivity index (χ3v) is 0. The number of rotatable bonds is 0. The quantitative estimate of drug-likeness (QED) is 0.230. The van der Waals surface area contributed by atoms with Crippen LogP contribution in [0.5, 0.6) is 0 Å². The van der Waals surface area contributed by atoms with E-state index in [1.54, 1.807) is 0 Å². The maximum Gasteiger partial charge on any atom is 3.00 e. The predicted molar refractivity (Wildman–Crippen MR) is 8.50 cm³/mol. The van der Waals surface area contributed by atoms with Crippen molar-refractivity contribution < 1.29 is 151 Å². The zero-order valence-electron chi connectivity index (χ0n) is 8.07.